The van der Waals surface area contributed by atoms with Gasteiger partial charge in [-0.15, -0.1) is 0 Å². The molecular weight excluding hydrogens is 180 g/mol. The first kappa shape index (κ1) is 10.6. The SMILES string of the molecule is COc1ccc(C(C)[C]=O)c(OC)c1. The van der Waals surface area contributed by atoms with E-state index in [-0.39, 0.29) is 5.92 Å². The number of rotatable bonds is 4. The van der Waals surface area contributed by atoms with E-state index in [2.05, 4.69) is 0 Å². The molecule has 3 heteroatoms. The predicted octanol–water partition coefficient (Wildman–Crippen LogP) is 1.92. The average Bonchev–Trinajstić information content (AvgIpc) is 2.27. The van der Waals surface area contributed by atoms with Crippen molar-refractivity contribution in [1.82, 2.24) is 0 Å². The highest BCUT2D eigenvalue weighted by molar-refractivity contribution is 5.65. The van der Waals surface area contributed by atoms with E-state index in [0.717, 1.165) is 5.56 Å². The third kappa shape index (κ3) is 2.05. The molecule has 75 valence electrons. The van der Waals surface area contributed by atoms with Gasteiger partial charge in [-0.1, -0.05) is 13.0 Å². The molecule has 1 aromatic carbocycles. The van der Waals surface area contributed by atoms with Crippen LogP contribution in [0.1, 0.15) is 18.4 Å². The third-order valence-electron chi connectivity index (χ3n) is 2.08. The van der Waals surface area contributed by atoms with E-state index in [4.69, 9.17) is 9.47 Å². The van der Waals surface area contributed by atoms with Crippen LogP contribution in [0.25, 0.3) is 0 Å². The average molecular weight is 193 g/mol. The van der Waals surface area contributed by atoms with Gasteiger partial charge in [0.15, 0.2) is 0 Å². The standard InChI is InChI=1S/C11H13O3/c1-8(7-12)10-5-4-9(13-2)6-11(10)14-3/h4-6,8H,1-3H3. The molecule has 0 amide bonds. The minimum atomic E-state index is -0.282. The van der Waals surface area contributed by atoms with Crippen LogP contribution >= 0.6 is 0 Å². The Hall–Kier alpha value is -1.51. The highest BCUT2D eigenvalue weighted by Crippen LogP contribution is 2.29. The van der Waals surface area contributed by atoms with Crippen molar-refractivity contribution in [2.75, 3.05) is 14.2 Å². The molecule has 0 saturated heterocycles. The highest BCUT2D eigenvalue weighted by Gasteiger charge is 2.11. The first-order chi connectivity index (χ1) is 6.72. The molecule has 0 fully saturated rings. The van der Waals surface area contributed by atoms with Gasteiger partial charge in [-0.05, 0) is 6.07 Å². The number of hydrogen-bond donors (Lipinski definition) is 0. The Morgan fingerprint density at radius 1 is 1.29 bits per heavy atom. The van der Waals surface area contributed by atoms with E-state index in [1.807, 2.05) is 12.4 Å². The van der Waals surface area contributed by atoms with Gasteiger partial charge in [0.1, 0.15) is 11.5 Å². The van der Waals surface area contributed by atoms with Crippen LogP contribution in [0.2, 0.25) is 0 Å². The van der Waals surface area contributed by atoms with Crippen molar-refractivity contribution >= 4 is 6.29 Å². The van der Waals surface area contributed by atoms with Gasteiger partial charge < -0.3 is 9.47 Å². The molecule has 0 N–H and O–H groups in total. The summed E-state index contributed by atoms with van der Waals surface area (Å²) in [5.74, 6) is 1.08. The van der Waals surface area contributed by atoms with Gasteiger partial charge >= 0.3 is 0 Å². The summed E-state index contributed by atoms with van der Waals surface area (Å²) in [5, 5.41) is 0. The molecule has 14 heavy (non-hydrogen) atoms. The Kier molecular flexibility index (Phi) is 3.51. The van der Waals surface area contributed by atoms with Crippen LogP contribution in [0.5, 0.6) is 11.5 Å². The summed E-state index contributed by atoms with van der Waals surface area (Å²) < 4.78 is 10.2. The lowest BCUT2D eigenvalue weighted by Crippen LogP contribution is -1.99. The fourth-order valence-electron chi connectivity index (χ4n) is 1.24. The van der Waals surface area contributed by atoms with Crippen LogP contribution < -0.4 is 9.47 Å². The Morgan fingerprint density at radius 2 is 2.00 bits per heavy atom. The van der Waals surface area contributed by atoms with E-state index < -0.39 is 0 Å². The highest BCUT2D eigenvalue weighted by atomic mass is 16.5. The third-order valence-corrected chi connectivity index (χ3v) is 2.08. The van der Waals surface area contributed by atoms with Crippen LogP contribution in [-0.4, -0.2) is 20.5 Å². The largest absolute Gasteiger partial charge is 0.497 e. The second kappa shape index (κ2) is 4.65. The minimum Gasteiger partial charge on any atom is -0.497 e. The van der Waals surface area contributed by atoms with Crippen molar-refractivity contribution in [2.45, 2.75) is 12.8 Å². The van der Waals surface area contributed by atoms with Crippen LogP contribution in [0, 0.1) is 0 Å². The summed E-state index contributed by atoms with van der Waals surface area (Å²) in [6.45, 7) is 1.78. The lowest BCUT2D eigenvalue weighted by molar-refractivity contribution is 0.390. The van der Waals surface area contributed by atoms with Crippen molar-refractivity contribution < 1.29 is 14.3 Å². The number of benzene rings is 1. The topological polar surface area (TPSA) is 35.5 Å². The molecule has 0 saturated carbocycles. The van der Waals surface area contributed by atoms with Crippen molar-refractivity contribution in [2.24, 2.45) is 0 Å². The van der Waals surface area contributed by atoms with Crippen LogP contribution in [0.15, 0.2) is 18.2 Å². The van der Waals surface area contributed by atoms with Crippen molar-refractivity contribution in [3.05, 3.63) is 23.8 Å². The van der Waals surface area contributed by atoms with E-state index in [9.17, 15) is 4.79 Å². The van der Waals surface area contributed by atoms with Gasteiger partial charge in [-0.3, -0.25) is 4.79 Å². The van der Waals surface area contributed by atoms with Gasteiger partial charge in [0.05, 0.1) is 20.1 Å². The predicted molar refractivity (Wildman–Crippen MR) is 53.7 cm³/mol. The maximum atomic E-state index is 10.5. The number of hydrogen-bond acceptors (Lipinski definition) is 3. The summed E-state index contributed by atoms with van der Waals surface area (Å²) in [5.41, 5.74) is 0.823. The second-order valence-corrected chi connectivity index (χ2v) is 2.95. The zero-order valence-electron chi connectivity index (χ0n) is 8.53. The van der Waals surface area contributed by atoms with Crippen LogP contribution in [0.4, 0.5) is 0 Å². The Bertz CT molecular complexity index is 320. The van der Waals surface area contributed by atoms with Gasteiger partial charge in [-0.25, -0.2) is 0 Å². The smallest absolute Gasteiger partial charge is 0.206 e. The monoisotopic (exact) mass is 193 g/mol. The molecule has 0 bridgehead atoms. The summed E-state index contributed by atoms with van der Waals surface area (Å²) in [7, 11) is 3.15. The molecular formula is C11H13O3. The van der Waals surface area contributed by atoms with Crippen molar-refractivity contribution in [3.63, 3.8) is 0 Å². The number of carbonyl (C=O) groups excluding carboxylic acids is 1. The van der Waals surface area contributed by atoms with E-state index in [0.29, 0.717) is 11.5 Å². The van der Waals surface area contributed by atoms with Crippen LogP contribution in [-0.2, 0) is 4.79 Å². The van der Waals surface area contributed by atoms with Gasteiger partial charge in [-0.2, -0.15) is 0 Å². The molecule has 0 aliphatic rings. The Balaban J connectivity index is 3.10. The Morgan fingerprint density at radius 3 is 2.50 bits per heavy atom. The maximum Gasteiger partial charge on any atom is 0.206 e. The zero-order valence-corrected chi connectivity index (χ0v) is 8.53. The fraction of sp³-hybridized carbons (Fsp3) is 0.364. The normalized spacial score (nSPS) is 11.9. The minimum absolute atomic E-state index is 0.282. The van der Waals surface area contributed by atoms with Gasteiger partial charge in [0.2, 0.25) is 6.29 Å². The quantitative estimate of drug-likeness (QED) is 0.732. The molecule has 3 nitrogen and oxygen atoms in total. The lowest BCUT2D eigenvalue weighted by atomic mass is 10.0. The summed E-state index contributed by atoms with van der Waals surface area (Å²) in [4.78, 5) is 10.5. The van der Waals surface area contributed by atoms with Gasteiger partial charge in [0.25, 0.3) is 0 Å². The fourth-order valence-corrected chi connectivity index (χ4v) is 1.24. The molecule has 1 aromatic rings. The molecule has 1 unspecified atom stereocenters. The summed E-state index contributed by atoms with van der Waals surface area (Å²) in [6.07, 6.45) is 1.92. The summed E-state index contributed by atoms with van der Waals surface area (Å²) in [6, 6.07) is 5.36. The molecule has 1 rings (SSSR count). The van der Waals surface area contributed by atoms with Crippen LogP contribution in [0.3, 0.4) is 0 Å². The van der Waals surface area contributed by atoms with Crippen molar-refractivity contribution in [1.29, 1.82) is 0 Å². The van der Waals surface area contributed by atoms with Gasteiger partial charge in [0, 0.05) is 11.6 Å². The van der Waals surface area contributed by atoms with E-state index in [1.165, 1.54) is 0 Å². The number of methoxy groups -OCH3 is 2. The molecule has 1 radical (unpaired) electrons. The second-order valence-electron chi connectivity index (χ2n) is 2.95. The van der Waals surface area contributed by atoms with E-state index in [1.54, 1.807) is 33.3 Å². The Labute approximate surface area is 83.6 Å². The first-order valence-corrected chi connectivity index (χ1v) is 4.32. The van der Waals surface area contributed by atoms with E-state index >= 15 is 0 Å². The molecule has 1 atom stereocenters. The maximum absolute atomic E-state index is 10.5. The number of ether oxygens (including phenoxy) is 2. The van der Waals surface area contributed by atoms with Crippen molar-refractivity contribution in [3.8, 4) is 11.5 Å². The zero-order chi connectivity index (χ0) is 10.6. The molecule has 0 aromatic heterocycles. The molecule has 0 heterocycles. The first-order valence-electron chi connectivity index (χ1n) is 4.32. The summed E-state index contributed by atoms with van der Waals surface area (Å²) >= 11 is 0. The lowest BCUT2D eigenvalue weighted by Gasteiger charge is -2.11. The molecule has 0 spiro atoms. The molecule has 0 aliphatic carbocycles. The molecule has 0 aliphatic heterocycles.